The van der Waals surface area contributed by atoms with Gasteiger partial charge in [0.2, 0.25) is 0 Å². The van der Waals surface area contributed by atoms with Gasteiger partial charge in [0, 0.05) is 96.2 Å². The summed E-state index contributed by atoms with van der Waals surface area (Å²) in [6.07, 6.45) is 0. The van der Waals surface area contributed by atoms with E-state index < -0.39 is 0 Å². The molecule has 9 valence electrons. The second-order valence-corrected chi connectivity index (χ2v) is 0. The maximum absolute atomic E-state index is 0. The molecule has 0 heterocycles. The van der Waals surface area contributed by atoms with Crippen molar-refractivity contribution < 1.29 is 0 Å². The van der Waals surface area contributed by atoms with Crippen LogP contribution in [0.4, 0.5) is 0 Å². The number of hydrogen-bond donors (Lipinski definition) is 0. The zero-order chi connectivity index (χ0) is 0. The van der Waals surface area contributed by atoms with E-state index in [9.17, 15) is 0 Å². The van der Waals surface area contributed by atoms with Gasteiger partial charge in [-0.2, -0.15) is 0 Å². The second-order valence-electron chi connectivity index (χ2n) is 0. The molecule has 0 atom stereocenters. The summed E-state index contributed by atoms with van der Waals surface area (Å²) in [6.45, 7) is 0. The fraction of sp³-hybridized carbons (Fsp3) is 0. The minimum atomic E-state index is 0. The van der Waals surface area contributed by atoms with E-state index in [0.717, 1.165) is 0 Å². The topological polar surface area (TPSA) is 0 Å². The van der Waals surface area contributed by atoms with Crippen LogP contribution in [-0.4, -0.2) is 96.2 Å². The van der Waals surface area contributed by atoms with Crippen molar-refractivity contribution in [1.29, 1.82) is 0 Å². The first kappa shape index (κ1) is 42.9. The van der Waals surface area contributed by atoms with Gasteiger partial charge in [0.25, 0.3) is 0 Å². The van der Waals surface area contributed by atoms with Crippen LogP contribution in [0.2, 0.25) is 0 Å². The molecule has 0 saturated heterocycles. The average Bonchev–Trinajstić information content (AvgIpc) is 0. The van der Waals surface area contributed by atoms with Crippen LogP contribution < -0.4 is 0 Å². The summed E-state index contributed by atoms with van der Waals surface area (Å²) < 4.78 is 0. The van der Waals surface area contributed by atoms with E-state index in [0.29, 0.717) is 0 Å². The van der Waals surface area contributed by atoms with Gasteiger partial charge in [-0.25, -0.2) is 0 Å². The molecule has 0 saturated carbocycles. The normalized spacial score (nSPS) is 0. The van der Waals surface area contributed by atoms with Gasteiger partial charge in [0.05, 0.1) is 0 Å². The molecule has 0 N–H and O–H groups in total. The second kappa shape index (κ2) is 27.7. The van der Waals surface area contributed by atoms with Crippen molar-refractivity contribution in [2.75, 3.05) is 0 Å². The van der Waals surface area contributed by atoms with Crippen molar-refractivity contribution in [2.45, 2.75) is 0 Å². The molecule has 0 aliphatic carbocycles. The number of hydrogen-bond acceptors (Lipinski definition) is 0. The summed E-state index contributed by atoms with van der Waals surface area (Å²) in [7, 11) is 0. The molecule has 0 aliphatic rings. The fourth-order valence-electron chi connectivity index (χ4n) is 0. The summed E-state index contributed by atoms with van der Waals surface area (Å²) in [4.78, 5) is 0. The molecule has 0 aromatic heterocycles. The summed E-state index contributed by atoms with van der Waals surface area (Å²) in [5, 5.41) is 0. The molecule has 9 radical (unpaired) electrons. The summed E-state index contributed by atoms with van der Waals surface area (Å²) in [5.74, 6) is 0. The van der Waals surface area contributed by atoms with E-state index in [-0.39, 0.29) is 96.2 Å². The first-order valence-corrected chi connectivity index (χ1v) is 0. The van der Waals surface area contributed by atoms with Crippen molar-refractivity contribution in [3.8, 4) is 0 Å². The fourth-order valence-corrected chi connectivity index (χ4v) is 0. The summed E-state index contributed by atoms with van der Waals surface area (Å²) in [6, 6.07) is 0. The number of rotatable bonds is 0. The molecule has 0 aliphatic heterocycles. The van der Waals surface area contributed by atoms with Crippen LogP contribution in [0.15, 0.2) is 0 Å². The molecule has 0 nitrogen and oxygen atoms in total. The van der Waals surface area contributed by atoms with Gasteiger partial charge >= 0.3 is 0 Å². The molecule has 5 heteroatoms. The zero-order valence-electron chi connectivity index (χ0n) is 4.15. The van der Waals surface area contributed by atoms with Gasteiger partial charge in [-0.15, -0.1) is 0 Å². The molecule has 0 rings (SSSR count). The molecule has 0 aromatic rings. The standard InChI is InChI=1S/2Ga.3Li. The summed E-state index contributed by atoms with van der Waals surface area (Å²) >= 11 is 0. The molecule has 0 fully saturated rings. The predicted molar refractivity (Wildman–Crippen MR) is 28.8 cm³/mol. The van der Waals surface area contributed by atoms with Gasteiger partial charge < -0.3 is 0 Å². The maximum atomic E-state index is 0. The Morgan fingerprint density at radius 3 is 0.400 bits per heavy atom. The van der Waals surface area contributed by atoms with Crippen LogP contribution in [0.5, 0.6) is 0 Å². The zero-order valence-corrected chi connectivity index (χ0v) is 9.00. The van der Waals surface area contributed by atoms with Gasteiger partial charge in [0.1, 0.15) is 0 Å². The van der Waals surface area contributed by atoms with Crippen molar-refractivity contribution in [1.82, 2.24) is 0 Å². The van der Waals surface area contributed by atoms with Crippen LogP contribution >= 0.6 is 0 Å². The minimum absolute atomic E-state index is 0. The quantitative estimate of drug-likeness (QED) is 0.363. The monoisotopic (exact) mass is 159 g/mol. The van der Waals surface area contributed by atoms with Crippen LogP contribution in [0.25, 0.3) is 0 Å². The third kappa shape index (κ3) is 19.3. The van der Waals surface area contributed by atoms with E-state index in [4.69, 9.17) is 0 Å². The predicted octanol–water partition coefficient (Wildman–Crippen LogP) is -1.90. The van der Waals surface area contributed by atoms with E-state index in [1.165, 1.54) is 0 Å². The van der Waals surface area contributed by atoms with Crippen LogP contribution in [0.3, 0.4) is 0 Å². The molecule has 0 bridgehead atoms. The van der Waals surface area contributed by atoms with E-state index in [1.807, 2.05) is 0 Å². The van der Waals surface area contributed by atoms with Gasteiger partial charge in [-0.1, -0.05) is 0 Å². The van der Waals surface area contributed by atoms with Crippen molar-refractivity contribution >= 4 is 96.2 Å². The Bertz CT molecular complexity index is 4.85. The minimum Gasteiger partial charge on any atom is 0 e. The van der Waals surface area contributed by atoms with E-state index in [1.54, 1.807) is 0 Å². The molecule has 0 unspecified atom stereocenters. The molecule has 0 amide bonds. The molecule has 0 spiro atoms. The SMILES string of the molecule is [Ga].[Ga].[Li].[Li].[Li]. The van der Waals surface area contributed by atoms with Crippen molar-refractivity contribution in [2.24, 2.45) is 0 Å². The first-order valence-electron chi connectivity index (χ1n) is 0. The Morgan fingerprint density at radius 1 is 0.400 bits per heavy atom. The van der Waals surface area contributed by atoms with Crippen LogP contribution in [0, 0.1) is 0 Å². The molecular weight excluding hydrogens is 160 g/mol. The Morgan fingerprint density at radius 2 is 0.400 bits per heavy atom. The Kier molecular flexibility index (Phi) is 237. The van der Waals surface area contributed by atoms with Crippen LogP contribution in [-0.2, 0) is 0 Å². The van der Waals surface area contributed by atoms with Crippen molar-refractivity contribution in [3.05, 3.63) is 0 Å². The molecule has 5 heavy (non-hydrogen) atoms. The average molecular weight is 160 g/mol. The van der Waals surface area contributed by atoms with Gasteiger partial charge in [-0.05, 0) is 0 Å². The first-order chi connectivity index (χ1) is 0. The van der Waals surface area contributed by atoms with Gasteiger partial charge in [0.15, 0.2) is 0 Å². The Hall–Kier alpha value is 3.06. The van der Waals surface area contributed by atoms with E-state index >= 15 is 0 Å². The smallest absolute Gasteiger partial charge is 0 e. The largest absolute Gasteiger partial charge is 0 e. The van der Waals surface area contributed by atoms with E-state index in [2.05, 4.69) is 0 Å². The maximum Gasteiger partial charge on any atom is 0 e. The molecular formula is Ga2Li3. The van der Waals surface area contributed by atoms with Crippen LogP contribution in [0.1, 0.15) is 0 Å². The Labute approximate surface area is 94.6 Å². The summed E-state index contributed by atoms with van der Waals surface area (Å²) in [5.41, 5.74) is 0. The van der Waals surface area contributed by atoms with Gasteiger partial charge in [-0.3, -0.25) is 0 Å². The Balaban J connectivity index is 0. The third-order valence-corrected chi connectivity index (χ3v) is 0. The third-order valence-electron chi connectivity index (χ3n) is 0. The van der Waals surface area contributed by atoms with Crippen molar-refractivity contribution in [3.63, 3.8) is 0 Å². The molecule has 0 aromatic carbocycles.